The zero-order chi connectivity index (χ0) is 15.4. The molecule has 1 N–H and O–H groups in total. The largest absolute Gasteiger partial charge is 0.348 e. The van der Waals surface area contributed by atoms with Crippen LogP contribution < -0.4 is 5.32 Å². The van der Waals surface area contributed by atoms with Gasteiger partial charge < -0.3 is 5.32 Å². The fraction of sp³-hybridized carbons (Fsp3) is 0.333. The van der Waals surface area contributed by atoms with Gasteiger partial charge in [0.1, 0.15) is 0 Å². The number of rotatable bonds is 4. The van der Waals surface area contributed by atoms with Gasteiger partial charge in [-0.3, -0.25) is 14.7 Å². The van der Waals surface area contributed by atoms with Crippen LogP contribution in [0.5, 0.6) is 0 Å². The molecule has 1 fully saturated rings. The third-order valence-electron chi connectivity index (χ3n) is 4.03. The molecule has 0 spiro atoms. The molecule has 4 heteroatoms. The van der Waals surface area contributed by atoms with Crippen molar-refractivity contribution in [3.8, 4) is 0 Å². The van der Waals surface area contributed by atoms with E-state index >= 15 is 0 Å². The summed E-state index contributed by atoms with van der Waals surface area (Å²) >= 11 is 0. The summed E-state index contributed by atoms with van der Waals surface area (Å²) in [6, 6.07) is 14.4. The first-order chi connectivity index (χ1) is 10.7. The van der Waals surface area contributed by atoms with E-state index in [9.17, 15) is 4.79 Å². The molecule has 0 bridgehead atoms. The lowest BCUT2D eigenvalue weighted by atomic mass is 10.2. The molecular weight excluding hydrogens is 274 g/mol. The molecule has 1 aliphatic rings. The molecule has 0 radical (unpaired) electrons. The normalized spacial score (nSPS) is 18.3. The van der Waals surface area contributed by atoms with E-state index in [1.54, 1.807) is 6.20 Å². The van der Waals surface area contributed by atoms with Crippen molar-refractivity contribution in [3.05, 3.63) is 65.5 Å². The molecule has 1 aromatic heterocycles. The Morgan fingerprint density at radius 3 is 2.82 bits per heavy atom. The van der Waals surface area contributed by atoms with Gasteiger partial charge in [-0.15, -0.1) is 0 Å². The number of benzene rings is 1. The van der Waals surface area contributed by atoms with Crippen molar-refractivity contribution >= 4 is 5.91 Å². The molecule has 1 aromatic carbocycles. The third kappa shape index (κ3) is 3.71. The molecule has 1 saturated heterocycles. The summed E-state index contributed by atoms with van der Waals surface area (Å²) in [5.41, 5.74) is 2.87. The molecular formula is C18H21N3O. The molecule has 1 amide bonds. The molecule has 2 aromatic rings. The van der Waals surface area contributed by atoms with Crippen molar-refractivity contribution in [3.63, 3.8) is 0 Å². The lowest BCUT2D eigenvalue weighted by Crippen LogP contribution is -2.37. The summed E-state index contributed by atoms with van der Waals surface area (Å²) in [5.74, 6) is -0.0286. The Hall–Kier alpha value is -2.20. The summed E-state index contributed by atoms with van der Waals surface area (Å²) in [7, 11) is 0. The van der Waals surface area contributed by atoms with Gasteiger partial charge in [0, 0.05) is 37.6 Å². The van der Waals surface area contributed by atoms with Gasteiger partial charge in [-0.1, -0.05) is 30.3 Å². The first-order valence-corrected chi connectivity index (χ1v) is 7.70. The topological polar surface area (TPSA) is 45.2 Å². The number of hydrogen-bond donors (Lipinski definition) is 1. The summed E-state index contributed by atoms with van der Waals surface area (Å²) in [6.07, 6.45) is 2.64. The van der Waals surface area contributed by atoms with Crippen LogP contribution in [0, 0.1) is 6.92 Å². The van der Waals surface area contributed by atoms with Crippen LogP contribution in [0.15, 0.2) is 48.7 Å². The average molecular weight is 295 g/mol. The molecule has 0 aliphatic carbocycles. The molecule has 1 atom stereocenters. The Balaban J connectivity index is 1.52. The second kappa shape index (κ2) is 6.71. The van der Waals surface area contributed by atoms with Crippen LogP contribution in [-0.4, -0.2) is 34.9 Å². The maximum Gasteiger partial charge on any atom is 0.253 e. The third-order valence-corrected chi connectivity index (χ3v) is 4.03. The Morgan fingerprint density at radius 2 is 2.09 bits per heavy atom. The zero-order valence-corrected chi connectivity index (χ0v) is 12.8. The summed E-state index contributed by atoms with van der Waals surface area (Å²) in [4.78, 5) is 18.8. The molecule has 114 valence electrons. The maximum absolute atomic E-state index is 12.2. The van der Waals surface area contributed by atoms with E-state index in [1.807, 2.05) is 25.1 Å². The van der Waals surface area contributed by atoms with Crippen molar-refractivity contribution in [1.82, 2.24) is 15.2 Å². The van der Waals surface area contributed by atoms with Gasteiger partial charge in [-0.05, 0) is 31.0 Å². The van der Waals surface area contributed by atoms with Crippen molar-refractivity contribution in [1.29, 1.82) is 0 Å². The average Bonchev–Trinajstić information content (AvgIpc) is 2.96. The van der Waals surface area contributed by atoms with Gasteiger partial charge >= 0.3 is 0 Å². The van der Waals surface area contributed by atoms with Gasteiger partial charge in [0.25, 0.3) is 5.91 Å². The monoisotopic (exact) mass is 295 g/mol. The predicted molar refractivity (Wildman–Crippen MR) is 86.6 cm³/mol. The number of aromatic nitrogens is 1. The molecule has 0 unspecified atom stereocenters. The number of hydrogen-bond acceptors (Lipinski definition) is 3. The van der Waals surface area contributed by atoms with Crippen molar-refractivity contribution in [2.75, 3.05) is 13.1 Å². The minimum atomic E-state index is -0.0286. The van der Waals surface area contributed by atoms with Crippen LogP contribution >= 0.6 is 0 Å². The Kier molecular flexibility index (Phi) is 4.49. The molecule has 4 nitrogen and oxygen atoms in total. The van der Waals surface area contributed by atoms with E-state index in [1.165, 1.54) is 5.56 Å². The predicted octanol–water partition coefficient (Wildman–Crippen LogP) is 2.39. The fourth-order valence-electron chi connectivity index (χ4n) is 2.81. The van der Waals surface area contributed by atoms with Crippen LogP contribution in [0.1, 0.15) is 28.0 Å². The summed E-state index contributed by atoms with van der Waals surface area (Å²) < 4.78 is 0. The minimum absolute atomic E-state index is 0.0286. The van der Waals surface area contributed by atoms with Crippen molar-refractivity contribution in [2.24, 2.45) is 0 Å². The van der Waals surface area contributed by atoms with Crippen LogP contribution in [0.4, 0.5) is 0 Å². The van der Waals surface area contributed by atoms with E-state index in [0.717, 1.165) is 31.7 Å². The van der Waals surface area contributed by atoms with Gasteiger partial charge in [-0.25, -0.2) is 0 Å². The zero-order valence-electron chi connectivity index (χ0n) is 12.8. The molecule has 22 heavy (non-hydrogen) atoms. The second-order valence-corrected chi connectivity index (χ2v) is 5.87. The first-order valence-electron chi connectivity index (χ1n) is 7.70. The van der Waals surface area contributed by atoms with Crippen molar-refractivity contribution < 1.29 is 4.79 Å². The van der Waals surface area contributed by atoms with Crippen LogP contribution in [0.25, 0.3) is 0 Å². The standard InChI is InChI=1S/C18H21N3O/c1-14-7-8-16(11-19-14)18(22)20-17-9-10-21(13-17)12-15-5-3-2-4-6-15/h2-8,11,17H,9-10,12-13H2,1H3,(H,20,22)/t17-/m1/s1. The molecule has 0 saturated carbocycles. The van der Waals surface area contributed by atoms with Crippen LogP contribution in [-0.2, 0) is 6.54 Å². The maximum atomic E-state index is 12.2. The highest BCUT2D eigenvalue weighted by molar-refractivity contribution is 5.94. The lowest BCUT2D eigenvalue weighted by Gasteiger charge is -2.16. The van der Waals surface area contributed by atoms with E-state index in [-0.39, 0.29) is 11.9 Å². The Morgan fingerprint density at radius 1 is 1.27 bits per heavy atom. The van der Waals surface area contributed by atoms with E-state index in [0.29, 0.717) is 5.56 Å². The summed E-state index contributed by atoms with van der Waals surface area (Å²) in [5, 5.41) is 3.11. The number of carbonyl (C=O) groups excluding carboxylic acids is 1. The highest BCUT2D eigenvalue weighted by Gasteiger charge is 2.24. The molecule has 1 aliphatic heterocycles. The lowest BCUT2D eigenvalue weighted by molar-refractivity contribution is 0.0937. The number of nitrogens with one attached hydrogen (secondary N) is 1. The SMILES string of the molecule is Cc1ccc(C(=O)N[C@@H]2CCN(Cc3ccccc3)C2)cn1. The Bertz CT molecular complexity index is 625. The molecule has 3 rings (SSSR count). The smallest absolute Gasteiger partial charge is 0.253 e. The summed E-state index contributed by atoms with van der Waals surface area (Å²) in [6.45, 7) is 4.78. The number of amides is 1. The number of pyridine rings is 1. The highest BCUT2D eigenvalue weighted by Crippen LogP contribution is 2.14. The van der Waals surface area contributed by atoms with Crippen molar-refractivity contribution in [2.45, 2.75) is 25.9 Å². The first kappa shape index (κ1) is 14.7. The van der Waals surface area contributed by atoms with Gasteiger partial charge in [-0.2, -0.15) is 0 Å². The number of likely N-dealkylation sites (tertiary alicyclic amines) is 1. The number of carbonyl (C=O) groups is 1. The highest BCUT2D eigenvalue weighted by atomic mass is 16.1. The number of nitrogens with zero attached hydrogens (tertiary/aromatic N) is 2. The van der Waals surface area contributed by atoms with Gasteiger partial charge in [0.05, 0.1) is 5.56 Å². The second-order valence-electron chi connectivity index (χ2n) is 5.87. The Labute approximate surface area is 131 Å². The van der Waals surface area contributed by atoms with E-state index in [4.69, 9.17) is 0 Å². The van der Waals surface area contributed by atoms with Gasteiger partial charge in [0.15, 0.2) is 0 Å². The van der Waals surface area contributed by atoms with Crippen LogP contribution in [0.3, 0.4) is 0 Å². The van der Waals surface area contributed by atoms with Crippen LogP contribution in [0.2, 0.25) is 0 Å². The van der Waals surface area contributed by atoms with E-state index < -0.39 is 0 Å². The fourth-order valence-corrected chi connectivity index (χ4v) is 2.81. The quantitative estimate of drug-likeness (QED) is 0.942. The number of aryl methyl sites for hydroxylation is 1. The van der Waals surface area contributed by atoms with E-state index in [2.05, 4.69) is 39.5 Å². The van der Waals surface area contributed by atoms with Gasteiger partial charge in [0.2, 0.25) is 0 Å². The minimum Gasteiger partial charge on any atom is -0.348 e. The molecule has 2 heterocycles.